The van der Waals surface area contributed by atoms with E-state index in [0.717, 1.165) is 21.2 Å². The monoisotopic (exact) mass is 335 g/mol. The van der Waals surface area contributed by atoms with Gasteiger partial charge in [0.25, 0.3) is 5.69 Å². The van der Waals surface area contributed by atoms with Crippen molar-refractivity contribution in [2.24, 2.45) is 0 Å². The number of anilines is 1. The number of hydrogen-bond acceptors (Lipinski definition) is 4. The third-order valence-electron chi connectivity index (χ3n) is 3.05. The largest absolute Gasteiger partial charge is 0.375 e. The van der Waals surface area contributed by atoms with Gasteiger partial charge >= 0.3 is 0 Å². The molecule has 0 aliphatic rings. The highest BCUT2D eigenvalue weighted by Gasteiger charge is 2.15. The van der Waals surface area contributed by atoms with E-state index in [9.17, 15) is 10.1 Å². The Morgan fingerprint density at radius 3 is 2.60 bits per heavy atom. The average Bonchev–Trinajstić information content (AvgIpc) is 2.39. The summed E-state index contributed by atoms with van der Waals surface area (Å²) >= 11 is 3.35. The molecular formula is C14H14BrN3O2. The van der Waals surface area contributed by atoms with Gasteiger partial charge in [-0.05, 0) is 58.6 Å². The summed E-state index contributed by atoms with van der Waals surface area (Å²) in [5, 5.41) is 14.2. The zero-order valence-electron chi connectivity index (χ0n) is 11.2. The Kier molecular flexibility index (Phi) is 4.34. The van der Waals surface area contributed by atoms with Crippen LogP contribution in [0.3, 0.4) is 0 Å². The quantitative estimate of drug-likeness (QED) is 0.677. The minimum atomic E-state index is -0.367. The predicted molar refractivity (Wildman–Crippen MR) is 81.8 cm³/mol. The molecule has 104 valence electrons. The van der Waals surface area contributed by atoms with Crippen molar-refractivity contribution in [3.05, 3.63) is 61.9 Å². The second kappa shape index (κ2) is 6.00. The van der Waals surface area contributed by atoms with Crippen molar-refractivity contribution in [1.82, 2.24) is 4.98 Å². The molecule has 0 spiro atoms. The zero-order valence-corrected chi connectivity index (χ0v) is 12.8. The molecule has 6 heteroatoms. The van der Waals surface area contributed by atoms with Crippen molar-refractivity contribution in [3.8, 4) is 0 Å². The summed E-state index contributed by atoms with van der Waals surface area (Å²) < 4.78 is 0.881. The fourth-order valence-electron chi connectivity index (χ4n) is 1.84. The van der Waals surface area contributed by atoms with Gasteiger partial charge in [-0.3, -0.25) is 15.1 Å². The molecule has 0 aliphatic heterocycles. The van der Waals surface area contributed by atoms with E-state index in [4.69, 9.17) is 0 Å². The molecule has 20 heavy (non-hydrogen) atoms. The van der Waals surface area contributed by atoms with Crippen LogP contribution in [0.4, 0.5) is 11.4 Å². The topological polar surface area (TPSA) is 68.1 Å². The summed E-state index contributed by atoms with van der Waals surface area (Å²) in [5.41, 5.74) is 3.50. The van der Waals surface area contributed by atoms with E-state index in [2.05, 4.69) is 26.2 Å². The van der Waals surface area contributed by atoms with Gasteiger partial charge in [-0.25, -0.2) is 0 Å². The number of aryl methyl sites for hydroxylation is 2. The van der Waals surface area contributed by atoms with Crippen LogP contribution in [-0.4, -0.2) is 9.91 Å². The molecule has 0 saturated carbocycles. The molecule has 0 aliphatic carbocycles. The van der Waals surface area contributed by atoms with Gasteiger partial charge in [0.15, 0.2) is 0 Å². The maximum absolute atomic E-state index is 11.1. The lowest BCUT2D eigenvalue weighted by molar-refractivity contribution is -0.384. The van der Waals surface area contributed by atoms with Crippen LogP contribution in [0.15, 0.2) is 35.1 Å². The Morgan fingerprint density at radius 1 is 1.25 bits per heavy atom. The van der Waals surface area contributed by atoms with Gasteiger partial charge in [-0.1, -0.05) is 0 Å². The summed E-state index contributed by atoms with van der Waals surface area (Å²) in [6, 6.07) is 5.32. The minimum Gasteiger partial charge on any atom is -0.375 e. The first-order valence-corrected chi connectivity index (χ1v) is 6.85. The van der Waals surface area contributed by atoms with Crippen LogP contribution in [-0.2, 0) is 6.54 Å². The summed E-state index contributed by atoms with van der Waals surface area (Å²) in [7, 11) is 0. The summed E-state index contributed by atoms with van der Waals surface area (Å²) in [6.07, 6.45) is 3.42. The Bertz CT molecular complexity index is 659. The number of pyridine rings is 1. The fraction of sp³-hybridized carbons (Fsp3) is 0.214. The van der Waals surface area contributed by atoms with E-state index < -0.39 is 0 Å². The molecule has 0 unspecified atom stereocenters. The van der Waals surface area contributed by atoms with Crippen molar-refractivity contribution < 1.29 is 4.92 Å². The number of nitrogens with one attached hydrogen (secondary N) is 1. The number of rotatable bonds is 4. The standard InChI is InChI=1S/C14H14BrN3O2/c1-9-3-13(14(18(19)20)4-10(9)2)17-7-11-5-12(15)8-16-6-11/h3-6,8,17H,7H2,1-2H3. The molecule has 0 saturated heterocycles. The van der Waals surface area contributed by atoms with E-state index in [1.807, 2.05) is 19.9 Å². The van der Waals surface area contributed by atoms with Crippen LogP contribution in [0, 0.1) is 24.0 Å². The fourth-order valence-corrected chi connectivity index (χ4v) is 2.26. The first-order valence-electron chi connectivity index (χ1n) is 6.06. The Labute approximate surface area is 125 Å². The Balaban J connectivity index is 2.24. The lowest BCUT2D eigenvalue weighted by atomic mass is 10.1. The zero-order chi connectivity index (χ0) is 14.7. The van der Waals surface area contributed by atoms with Crippen molar-refractivity contribution in [3.63, 3.8) is 0 Å². The third-order valence-corrected chi connectivity index (χ3v) is 3.49. The lowest BCUT2D eigenvalue weighted by Crippen LogP contribution is -2.04. The van der Waals surface area contributed by atoms with Crippen LogP contribution >= 0.6 is 15.9 Å². The minimum absolute atomic E-state index is 0.0936. The Hall–Kier alpha value is -1.95. The highest BCUT2D eigenvalue weighted by atomic mass is 79.9. The molecule has 2 aromatic rings. The molecule has 2 rings (SSSR count). The van der Waals surface area contributed by atoms with Gasteiger partial charge in [0.1, 0.15) is 5.69 Å². The molecule has 0 atom stereocenters. The van der Waals surface area contributed by atoms with Crippen LogP contribution in [0.2, 0.25) is 0 Å². The highest BCUT2D eigenvalue weighted by Crippen LogP contribution is 2.28. The van der Waals surface area contributed by atoms with Crippen molar-refractivity contribution in [2.45, 2.75) is 20.4 Å². The molecule has 0 radical (unpaired) electrons. The molecular weight excluding hydrogens is 322 g/mol. The average molecular weight is 336 g/mol. The SMILES string of the molecule is Cc1cc(NCc2cncc(Br)c2)c([N+](=O)[O-])cc1C. The summed E-state index contributed by atoms with van der Waals surface area (Å²) in [6.45, 7) is 4.28. The molecule has 1 aromatic carbocycles. The molecule has 1 heterocycles. The molecule has 0 amide bonds. The summed E-state index contributed by atoms with van der Waals surface area (Å²) in [5.74, 6) is 0. The normalized spacial score (nSPS) is 10.3. The molecule has 0 fully saturated rings. The smallest absolute Gasteiger partial charge is 0.292 e. The van der Waals surface area contributed by atoms with Crippen molar-refractivity contribution in [1.29, 1.82) is 0 Å². The number of nitrogens with zero attached hydrogens (tertiary/aromatic N) is 2. The number of aromatic nitrogens is 1. The second-order valence-corrected chi connectivity index (χ2v) is 5.49. The first kappa shape index (κ1) is 14.5. The van der Waals surface area contributed by atoms with Gasteiger partial charge in [0.2, 0.25) is 0 Å². The van der Waals surface area contributed by atoms with Crippen molar-refractivity contribution >= 4 is 27.3 Å². The van der Waals surface area contributed by atoms with Gasteiger partial charge in [0, 0.05) is 29.5 Å². The maximum Gasteiger partial charge on any atom is 0.292 e. The van der Waals surface area contributed by atoms with Crippen LogP contribution < -0.4 is 5.32 Å². The molecule has 1 N–H and O–H groups in total. The van der Waals surface area contributed by atoms with E-state index in [-0.39, 0.29) is 10.6 Å². The maximum atomic E-state index is 11.1. The highest BCUT2D eigenvalue weighted by molar-refractivity contribution is 9.10. The first-order chi connectivity index (χ1) is 9.47. The van der Waals surface area contributed by atoms with Gasteiger partial charge in [0.05, 0.1) is 4.92 Å². The molecule has 1 aromatic heterocycles. The van der Waals surface area contributed by atoms with Gasteiger partial charge < -0.3 is 5.32 Å². The lowest BCUT2D eigenvalue weighted by Gasteiger charge is -2.10. The van der Waals surface area contributed by atoms with Gasteiger partial charge in [-0.15, -0.1) is 0 Å². The predicted octanol–water partition coefficient (Wildman–Crippen LogP) is 3.98. The Morgan fingerprint density at radius 2 is 1.95 bits per heavy atom. The number of benzene rings is 1. The number of halogens is 1. The van der Waals surface area contributed by atoms with Crippen LogP contribution in [0.5, 0.6) is 0 Å². The summed E-state index contributed by atoms with van der Waals surface area (Å²) in [4.78, 5) is 14.8. The number of nitro groups is 1. The van der Waals surface area contributed by atoms with Crippen molar-refractivity contribution in [2.75, 3.05) is 5.32 Å². The van der Waals surface area contributed by atoms with Crippen LogP contribution in [0.25, 0.3) is 0 Å². The molecule has 5 nitrogen and oxygen atoms in total. The third kappa shape index (κ3) is 3.33. The molecule has 0 bridgehead atoms. The number of hydrogen-bond donors (Lipinski definition) is 1. The second-order valence-electron chi connectivity index (χ2n) is 4.58. The van der Waals surface area contributed by atoms with Gasteiger partial charge in [-0.2, -0.15) is 0 Å². The van der Waals surface area contributed by atoms with E-state index in [1.165, 1.54) is 0 Å². The van der Waals surface area contributed by atoms with Crippen LogP contribution in [0.1, 0.15) is 16.7 Å². The number of nitro benzene ring substituents is 1. The van der Waals surface area contributed by atoms with E-state index in [0.29, 0.717) is 12.2 Å². The van der Waals surface area contributed by atoms with E-state index >= 15 is 0 Å². The van der Waals surface area contributed by atoms with E-state index in [1.54, 1.807) is 24.5 Å².